The highest BCUT2D eigenvalue weighted by Crippen LogP contribution is 2.26. The largest absolute Gasteiger partial charge is 0.382 e. The van der Waals surface area contributed by atoms with Crippen LogP contribution in [0.4, 0.5) is 10.1 Å². The maximum Gasteiger partial charge on any atom is 0.253 e. The van der Waals surface area contributed by atoms with Gasteiger partial charge in [0.1, 0.15) is 5.82 Å². The van der Waals surface area contributed by atoms with Crippen LogP contribution in [0.25, 0.3) is 0 Å². The minimum Gasteiger partial charge on any atom is -0.382 e. The fourth-order valence-electron chi connectivity index (χ4n) is 2.52. The Morgan fingerprint density at radius 1 is 1.38 bits per heavy atom. The smallest absolute Gasteiger partial charge is 0.253 e. The maximum absolute atomic E-state index is 13.8. The second-order valence-corrected chi connectivity index (χ2v) is 5.31. The van der Waals surface area contributed by atoms with E-state index in [2.05, 4.69) is 22.5 Å². The lowest BCUT2D eigenvalue weighted by atomic mass is 10.1. The predicted octanol–water partition coefficient (Wildman–Crippen LogP) is 2.47. The molecule has 1 aromatic rings. The quantitative estimate of drug-likeness (QED) is 0.774. The number of carbonyl (C=O) groups is 1. The predicted molar refractivity (Wildman–Crippen MR) is 83.2 cm³/mol. The van der Waals surface area contributed by atoms with E-state index in [0.29, 0.717) is 24.7 Å². The molecule has 5 heteroatoms. The molecule has 0 atom stereocenters. The van der Waals surface area contributed by atoms with Crippen LogP contribution in [0, 0.1) is 5.82 Å². The van der Waals surface area contributed by atoms with Crippen LogP contribution in [-0.4, -0.2) is 43.0 Å². The first kappa shape index (κ1) is 15.8. The zero-order valence-corrected chi connectivity index (χ0v) is 12.8. The summed E-state index contributed by atoms with van der Waals surface area (Å²) < 4.78 is 13.8. The number of nitrogens with one attached hydrogen (secondary N) is 2. The summed E-state index contributed by atoms with van der Waals surface area (Å²) in [7, 11) is 0. The van der Waals surface area contributed by atoms with Crippen molar-refractivity contribution < 1.29 is 9.18 Å². The number of hydrogen-bond donors (Lipinski definition) is 2. The second kappa shape index (κ2) is 7.41. The number of rotatable bonds is 8. The average molecular weight is 293 g/mol. The van der Waals surface area contributed by atoms with Crippen molar-refractivity contribution in [3.63, 3.8) is 0 Å². The van der Waals surface area contributed by atoms with Crippen molar-refractivity contribution in [2.75, 3.05) is 31.5 Å². The molecule has 2 rings (SSSR count). The molecule has 0 heterocycles. The zero-order valence-electron chi connectivity index (χ0n) is 12.8. The molecule has 0 spiro atoms. The van der Waals surface area contributed by atoms with Crippen molar-refractivity contribution in [1.82, 2.24) is 10.2 Å². The molecule has 1 aliphatic carbocycles. The van der Waals surface area contributed by atoms with Crippen molar-refractivity contribution in [3.8, 4) is 0 Å². The fourth-order valence-corrected chi connectivity index (χ4v) is 2.52. The minimum absolute atomic E-state index is 0.225. The molecule has 1 aliphatic rings. The van der Waals surface area contributed by atoms with Gasteiger partial charge < -0.3 is 10.6 Å². The summed E-state index contributed by atoms with van der Waals surface area (Å²) in [4.78, 5) is 14.6. The van der Waals surface area contributed by atoms with Gasteiger partial charge in [-0.2, -0.15) is 0 Å². The van der Waals surface area contributed by atoms with Crippen molar-refractivity contribution in [2.45, 2.75) is 32.7 Å². The average Bonchev–Trinajstić information content (AvgIpc) is 3.30. The molecule has 21 heavy (non-hydrogen) atoms. The maximum atomic E-state index is 13.8. The Balaban J connectivity index is 1.92. The molecule has 4 nitrogen and oxygen atoms in total. The first-order valence-electron chi connectivity index (χ1n) is 7.72. The molecule has 0 aliphatic heterocycles. The normalized spacial score (nSPS) is 14.3. The molecule has 1 amide bonds. The lowest BCUT2D eigenvalue weighted by Crippen LogP contribution is -2.36. The van der Waals surface area contributed by atoms with E-state index in [0.717, 1.165) is 13.1 Å². The Morgan fingerprint density at radius 2 is 2.14 bits per heavy atom. The Hall–Kier alpha value is -1.62. The highest BCUT2D eigenvalue weighted by molar-refractivity contribution is 5.99. The van der Waals surface area contributed by atoms with Gasteiger partial charge in [-0.3, -0.25) is 9.69 Å². The molecule has 2 N–H and O–H groups in total. The van der Waals surface area contributed by atoms with E-state index in [1.807, 2.05) is 6.92 Å². The number of halogens is 1. The molecule has 0 unspecified atom stereocenters. The Kier molecular flexibility index (Phi) is 5.56. The third-order valence-corrected chi connectivity index (χ3v) is 3.77. The Morgan fingerprint density at radius 3 is 2.76 bits per heavy atom. The molecule has 0 bridgehead atoms. The van der Waals surface area contributed by atoms with E-state index in [1.54, 1.807) is 12.1 Å². The van der Waals surface area contributed by atoms with Gasteiger partial charge in [0.05, 0.1) is 11.3 Å². The van der Waals surface area contributed by atoms with Crippen molar-refractivity contribution in [1.29, 1.82) is 0 Å². The summed E-state index contributed by atoms with van der Waals surface area (Å²) in [5, 5.41) is 5.80. The number of nitrogens with zero attached hydrogens (tertiary/aromatic N) is 1. The summed E-state index contributed by atoms with van der Waals surface area (Å²) in [5.74, 6) is -0.616. The number of hydrogen-bond acceptors (Lipinski definition) is 3. The lowest BCUT2D eigenvalue weighted by Gasteiger charge is -2.20. The van der Waals surface area contributed by atoms with Crippen molar-refractivity contribution in [3.05, 3.63) is 29.6 Å². The second-order valence-electron chi connectivity index (χ2n) is 5.31. The van der Waals surface area contributed by atoms with E-state index in [4.69, 9.17) is 0 Å². The van der Waals surface area contributed by atoms with Gasteiger partial charge in [-0.05, 0) is 38.4 Å². The standard InChI is InChI=1S/C16H24FN3O/c1-3-18-15-13(6-5-7-14(15)17)16(21)19-10-11-20(4-2)12-8-9-12/h5-7,12,18H,3-4,8-11H2,1-2H3,(H,19,21). The summed E-state index contributed by atoms with van der Waals surface area (Å²) in [6.07, 6.45) is 2.52. The van der Waals surface area contributed by atoms with Gasteiger partial charge in [0.2, 0.25) is 0 Å². The first-order valence-corrected chi connectivity index (χ1v) is 7.72. The fraction of sp³-hybridized carbons (Fsp3) is 0.562. The Bertz CT molecular complexity index is 488. The Labute approximate surface area is 125 Å². The van der Waals surface area contributed by atoms with E-state index in [-0.39, 0.29) is 11.6 Å². The van der Waals surface area contributed by atoms with Crippen LogP contribution in [0.1, 0.15) is 37.0 Å². The molecular weight excluding hydrogens is 269 g/mol. The molecule has 1 fully saturated rings. The van der Waals surface area contributed by atoms with Crippen LogP contribution in [0.3, 0.4) is 0 Å². The molecule has 1 saturated carbocycles. The topological polar surface area (TPSA) is 44.4 Å². The number of likely N-dealkylation sites (N-methyl/N-ethyl adjacent to an activating group) is 1. The molecule has 0 radical (unpaired) electrons. The first-order chi connectivity index (χ1) is 10.2. The minimum atomic E-state index is -0.391. The van der Waals surface area contributed by atoms with Gasteiger partial charge >= 0.3 is 0 Å². The monoisotopic (exact) mass is 293 g/mol. The third-order valence-electron chi connectivity index (χ3n) is 3.77. The molecule has 0 saturated heterocycles. The SMILES string of the molecule is CCNc1c(F)cccc1C(=O)NCCN(CC)C1CC1. The van der Waals surface area contributed by atoms with Gasteiger partial charge in [-0.15, -0.1) is 0 Å². The van der Waals surface area contributed by atoms with Crippen LogP contribution in [0.15, 0.2) is 18.2 Å². The highest BCUT2D eigenvalue weighted by atomic mass is 19.1. The summed E-state index contributed by atoms with van der Waals surface area (Å²) in [5.41, 5.74) is 0.651. The van der Waals surface area contributed by atoms with Crippen LogP contribution in [-0.2, 0) is 0 Å². The van der Waals surface area contributed by atoms with E-state index < -0.39 is 5.82 Å². The number of anilines is 1. The molecule has 116 valence electrons. The summed E-state index contributed by atoms with van der Waals surface area (Å²) in [6.45, 7) is 7.03. The van der Waals surface area contributed by atoms with Gasteiger partial charge in [0.25, 0.3) is 5.91 Å². The molecule has 0 aromatic heterocycles. The van der Waals surface area contributed by atoms with Crippen LogP contribution >= 0.6 is 0 Å². The number of benzene rings is 1. The number of carbonyl (C=O) groups excluding carboxylic acids is 1. The van der Waals surface area contributed by atoms with Crippen molar-refractivity contribution >= 4 is 11.6 Å². The van der Waals surface area contributed by atoms with E-state index in [9.17, 15) is 9.18 Å². The summed E-state index contributed by atoms with van der Waals surface area (Å²) in [6, 6.07) is 5.27. The van der Waals surface area contributed by atoms with Crippen LogP contribution < -0.4 is 10.6 Å². The van der Waals surface area contributed by atoms with Crippen LogP contribution in [0.5, 0.6) is 0 Å². The van der Waals surface area contributed by atoms with E-state index >= 15 is 0 Å². The number of amides is 1. The van der Waals surface area contributed by atoms with Gasteiger partial charge in [0.15, 0.2) is 0 Å². The number of para-hydroxylation sites is 1. The van der Waals surface area contributed by atoms with Gasteiger partial charge in [-0.1, -0.05) is 13.0 Å². The lowest BCUT2D eigenvalue weighted by molar-refractivity contribution is 0.0948. The third kappa shape index (κ3) is 4.17. The van der Waals surface area contributed by atoms with Crippen LogP contribution in [0.2, 0.25) is 0 Å². The molecular formula is C16H24FN3O. The highest BCUT2D eigenvalue weighted by Gasteiger charge is 2.27. The summed E-state index contributed by atoms with van der Waals surface area (Å²) >= 11 is 0. The van der Waals surface area contributed by atoms with Crippen molar-refractivity contribution in [2.24, 2.45) is 0 Å². The zero-order chi connectivity index (χ0) is 15.2. The van der Waals surface area contributed by atoms with E-state index in [1.165, 1.54) is 18.9 Å². The molecule has 1 aromatic carbocycles. The van der Waals surface area contributed by atoms with Gasteiger partial charge in [0, 0.05) is 25.7 Å². The van der Waals surface area contributed by atoms with Gasteiger partial charge in [-0.25, -0.2) is 4.39 Å².